The number of benzene rings is 1. The van der Waals surface area contributed by atoms with Crippen molar-refractivity contribution in [2.45, 2.75) is 25.8 Å². The maximum atomic E-state index is 12.3. The fraction of sp³-hybridized carbons (Fsp3) is 0.438. The number of halogens is 1. The van der Waals surface area contributed by atoms with Crippen molar-refractivity contribution >= 4 is 33.7 Å². The molecule has 1 atom stereocenters. The second-order valence-corrected chi connectivity index (χ2v) is 6.39. The largest absolute Gasteiger partial charge is 0.383 e. The second kappa shape index (κ2) is 7.70. The standard InChI is InChI=1S/C16H19BrN2O4/c1-10(9-23-2)18-14(20)4-3-7-19-15(21)12-6-5-11(17)8-13(12)16(19)22/h5-6,8,10H,3-4,7,9H2,1-2H3,(H,18,20)/t10-/m0/s1. The number of carbonyl (C=O) groups is 3. The molecule has 2 rings (SSSR count). The summed E-state index contributed by atoms with van der Waals surface area (Å²) in [5, 5.41) is 2.79. The van der Waals surface area contributed by atoms with Crippen LogP contribution in [0.1, 0.15) is 40.5 Å². The van der Waals surface area contributed by atoms with E-state index in [2.05, 4.69) is 21.2 Å². The van der Waals surface area contributed by atoms with Gasteiger partial charge in [0.2, 0.25) is 5.91 Å². The quantitative estimate of drug-likeness (QED) is 0.731. The van der Waals surface area contributed by atoms with Crippen molar-refractivity contribution in [1.29, 1.82) is 0 Å². The number of imide groups is 1. The van der Waals surface area contributed by atoms with E-state index >= 15 is 0 Å². The van der Waals surface area contributed by atoms with E-state index in [0.29, 0.717) is 24.2 Å². The van der Waals surface area contributed by atoms with E-state index in [1.165, 1.54) is 4.90 Å². The molecule has 124 valence electrons. The molecule has 7 heteroatoms. The normalized spacial score (nSPS) is 14.8. The van der Waals surface area contributed by atoms with Crippen LogP contribution < -0.4 is 5.32 Å². The van der Waals surface area contributed by atoms with E-state index < -0.39 is 0 Å². The Bertz CT molecular complexity index is 633. The number of amides is 3. The van der Waals surface area contributed by atoms with E-state index in [-0.39, 0.29) is 36.7 Å². The summed E-state index contributed by atoms with van der Waals surface area (Å²) in [7, 11) is 1.57. The highest BCUT2D eigenvalue weighted by molar-refractivity contribution is 9.10. The zero-order valence-corrected chi connectivity index (χ0v) is 14.7. The number of hydrogen-bond donors (Lipinski definition) is 1. The van der Waals surface area contributed by atoms with Gasteiger partial charge in [0.05, 0.1) is 17.7 Å². The third-order valence-corrected chi connectivity index (χ3v) is 4.04. The topological polar surface area (TPSA) is 75.7 Å². The van der Waals surface area contributed by atoms with Crippen molar-refractivity contribution in [2.75, 3.05) is 20.3 Å². The van der Waals surface area contributed by atoms with Crippen LogP contribution >= 0.6 is 15.9 Å². The Morgan fingerprint density at radius 3 is 2.70 bits per heavy atom. The van der Waals surface area contributed by atoms with E-state index in [0.717, 1.165) is 4.47 Å². The van der Waals surface area contributed by atoms with E-state index in [1.807, 2.05) is 6.92 Å². The van der Waals surface area contributed by atoms with Crippen molar-refractivity contribution < 1.29 is 19.1 Å². The van der Waals surface area contributed by atoms with Gasteiger partial charge >= 0.3 is 0 Å². The minimum atomic E-state index is -0.306. The van der Waals surface area contributed by atoms with Crippen LogP contribution in [0.5, 0.6) is 0 Å². The van der Waals surface area contributed by atoms with Crippen LogP contribution in [0.2, 0.25) is 0 Å². The average Bonchev–Trinajstić information content (AvgIpc) is 2.72. The highest BCUT2D eigenvalue weighted by Gasteiger charge is 2.35. The highest BCUT2D eigenvalue weighted by Crippen LogP contribution is 2.26. The van der Waals surface area contributed by atoms with Gasteiger partial charge in [-0.15, -0.1) is 0 Å². The molecule has 1 aromatic rings. The SMILES string of the molecule is COC[C@H](C)NC(=O)CCCN1C(=O)c2ccc(Br)cc2C1=O. The van der Waals surface area contributed by atoms with Gasteiger partial charge in [0, 0.05) is 30.6 Å². The van der Waals surface area contributed by atoms with Crippen LogP contribution in [0.15, 0.2) is 22.7 Å². The third-order valence-electron chi connectivity index (χ3n) is 3.54. The highest BCUT2D eigenvalue weighted by atomic mass is 79.9. The van der Waals surface area contributed by atoms with Crippen molar-refractivity contribution in [1.82, 2.24) is 10.2 Å². The molecule has 0 aliphatic carbocycles. The summed E-state index contributed by atoms with van der Waals surface area (Å²) in [5.74, 6) is -0.723. The van der Waals surface area contributed by atoms with Crippen molar-refractivity contribution in [3.63, 3.8) is 0 Å². The number of rotatable bonds is 7. The molecule has 0 saturated heterocycles. The Hall–Kier alpha value is -1.73. The first-order valence-electron chi connectivity index (χ1n) is 7.38. The van der Waals surface area contributed by atoms with Crippen molar-refractivity contribution in [3.05, 3.63) is 33.8 Å². The third kappa shape index (κ3) is 4.17. The molecule has 0 bridgehead atoms. The van der Waals surface area contributed by atoms with Crippen LogP contribution in [-0.4, -0.2) is 48.9 Å². The molecule has 1 N–H and O–H groups in total. The Morgan fingerprint density at radius 1 is 1.30 bits per heavy atom. The van der Waals surface area contributed by atoms with Gasteiger partial charge in [0.15, 0.2) is 0 Å². The Kier molecular flexibility index (Phi) is 5.90. The maximum absolute atomic E-state index is 12.3. The lowest BCUT2D eigenvalue weighted by Gasteiger charge is -2.15. The lowest BCUT2D eigenvalue weighted by Crippen LogP contribution is -2.36. The van der Waals surface area contributed by atoms with Crippen LogP contribution in [0, 0.1) is 0 Å². The number of nitrogens with one attached hydrogen (secondary N) is 1. The van der Waals surface area contributed by atoms with E-state index in [4.69, 9.17) is 4.74 Å². The van der Waals surface area contributed by atoms with Gasteiger partial charge < -0.3 is 10.1 Å². The minimum absolute atomic E-state index is 0.0656. The zero-order valence-electron chi connectivity index (χ0n) is 13.1. The number of ether oxygens (including phenoxy) is 1. The summed E-state index contributed by atoms with van der Waals surface area (Å²) < 4.78 is 5.70. The zero-order chi connectivity index (χ0) is 17.0. The molecule has 0 aromatic heterocycles. The van der Waals surface area contributed by atoms with Gasteiger partial charge in [-0.25, -0.2) is 0 Å². The van der Waals surface area contributed by atoms with Gasteiger partial charge in [-0.2, -0.15) is 0 Å². The maximum Gasteiger partial charge on any atom is 0.261 e. The number of carbonyl (C=O) groups excluding carboxylic acids is 3. The number of methoxy groups -OCH3 is 1. The molecule has 1 aromatic carbocycles. The van der Waals surface area contributed by atoms with Gasteiger partial charge in [0.1, 0.15) is 0 Å². The van der Waals surface area contributed by atoms with Crippen molar-refractivity contribution in [2.24, 2.45) is 0 Å². The minimum Gasteiger partial charge on any atom is -0.383 e. The molecular weight excluding hydrogens is 364 g/mol. The molecule has 23 heavy (non-hydrogen) atoms. The Labute approximate surface area is 143 Å². The fourth-order valence-electron chi connectivity index (χ4n) is 2.50. The summed E-state index contributed by atoms with van der Waals surface area (Å²) in [6.45, 7) is 2.53. The first-order valence-corrected chi connectivity index (χ1v) is 8.17. The lowest BCUT2D eigenvalue weighted by molar-refractivity contribution is -0.122. The molecule has 1 aliphatic rings. The lowest BCUT2D eigenvalue weighted by atomic mass is 10.1. The van der Waals surface area contributed by atoms with Gasteiger partial charge in [-0.3, -0.25) is 19.3 Å². The molecule has 6 nitrogen and oxygen atoms in total. The fourth-order valence-corrected chi connectivity index (χ4v) is 2.86. The molecule has 0 fully saturated rings. The smallest absolute Gasteiger partial charge is 0.261 e. The van der Waals surface area contributed by atoms with E-state index in [9.17, 15) is 14.4 Å². The molecule has 0 saturated carbocycles. The van der Waals surface area contributed by atoms with Crippen LogP contribution in [0.4, 0.5) is 0 Å². The number of fused-ring (bicyclic) bond motifs is 1. The second-order valence-electron chi connectivity index (χ2n) is 5.48. The van der Waals surface area contributed by atoms with Crippen LogP contribution in [0.3, 0.4) is 0 Å². The summed E-state index contributed by atoms with van der Waals surface area (Å²) in [4.78, 5) is 37.5. The predicted molar refractivity (Wildman–Crippen MR) is 88.2 cm³/mol. The van der Waals surface area contributed by atoms with Crippen LogP contribution in [0.25, 0.3) is 0 Å². The van der Waals surface area contributed by atoms with Gasteiger partial charge in [-0.1, -0.05) is 15.9 Å². The van der Waals surface area contributed by atoms with Crippen molar-refractivity contribution in [3.8, 4) is 0 Å². The summed E-state index contributed by atoms with van der Waals surface area (Å²) in [5.41, 5.74) is 0.818. The summed E-state index contributed by atoms with van der Waals surface area (Å²) in [6, 6.07) is 4.95. The van der Waals surface area contributed by atoms with Crippen LogP contribution in [-0.2, 0) is 9.53 Å². The number of nitrogens with zero attached hydrogens (tertiary/aromatic N) is 1. The molecule has 0 radical (unpaired) electrons. The predicted octanol–water partition coefficient (Wildman–Crippen LogP) is 1.98. The molecule has 0 spiro atoms. The monoisotopic (exact) mass is 382 g/mol. The van der Waals surface area contributed by atoms with Gasteiger partial charge in [-0.05, 0) is 31.5 Å². The Morgan fingerprint density at radius 2 is 2.00 bits per heavy atom. The Balaban J connectivity index is 1.87. The number of hydrogen-bond acceptors (Lipinski definition) is 4. The molecule has 1 heterocycles. The average molecular weight is 383 g/mol. The first kappa shape index (κ1) is 17.6. The molecule has 1 aliphatic heterocycles. The first-order chi connectivity index (χ1) is 10.9. The molecule has 3 amide bonds. The van der Waals surface area contributed by atoms with E-state index in [1.54, 1.807) is 25.3 Å². The molecular formula is C16H19BrN2O4. The van der Waals surface area contributed by atoms with Gasteiger partial charge in [0.25, 0.3) is 11.8 Å². The molecule has 0 unspecified atom stereocenters. The summed E-state index contributed by atoms with van der Waals surface area (Å²) >= 11 is 3.29. The summed E-state index contributed by atoms with van der Waals surface area (Å²) in [6.07, 6.45) is 0.684.